The second kappa shape index (κ2) is 6.39. The van der Waals surface area contributed by atoms with E-state index >= 15 is 0 Å². The van der Waals surface area contributed by atoms with Crippen LogP contribution in [0.2, 0.25) is 0 Å². The van der Waals surface area contributed by atoms with Crippen LogP contribution in [0.25, 0.3) is 0 Å². The minimum absolute atomic E-state index is 0.153. The molecule has 0 atom stereocenters. The van der Waals surface area contributed by atoms with Crippen LogP contribution in [-0.2, 0) is 0 Å². The van der Waals surface area contributed by atoms with Crippen LogP contribution in [-0.4, -0.2) is 44.9 Å². The van der Waals surface area contributed by atoms with Crippen molar-refractivity contribution in [3.63, 3.8) is 0 Å². The zero-order valence-electron chi connectivity index (χ0n) is 13.5. The first kappa shape index (κ1) is 16.7. The molecule has 5 nitrogen and oxygen atoms in total. The molecule has 0 radical (unpaired) electrons. The average Bonchev–Trinajstić information content (AvgIpc) is 2.70. The van der Waals surface area contributed by atoms with Gasteiger partial charge in [-0.2, -0.15) is 5.10 Å². The molecule has 5 heteroatoms. The molecule has 1 aromatic heterocycles. The Bertz CT molecular complexity index is 456. The maximum Gasteiger partial charge on any atom is 0.274 e. The van der Waals surface area contributed by atoms with Crippen LogP contribution in [0.1, 0.15) is 62.8 Å². The van der Waals surface area contributed by atoms with Crippen molar-refractivity contribution in [2.45, 2.75) is 59.1 Å². The molecule has 0 saturated carbocycles. The van der Waals surface area contributed by atoms with Crippen LogP contribution in [0.15, 0.2) is 6.07 Å². The normalized spacial score (nSPS) is 12.0. The van der Waals surface area contributed by atoms with Gasteiger partial charge in [0.1, 0.15) is 0 Å². The standard InChI is InChI=1S/C15H27N3O2/c1-7-12(8-2)18-11(3)9-13(16-18)14(19)17(6)10-15(4,5)20/h9,12,20H,7-8,10H2,1-6H3. The summed E-state index contributed by atoms with van der Waals surface area (Å²) >= 11 is 0. The van der Waals surface area contributed by atoms with Gasteiger partial charge in [0.05, 0.1) is 11.6 Å². The van der Waals surface area contributed by atoms with Crippen LogP contribution in [0.3, 0.4) is 0 Å². The van der Waals surface area contributed by atoms with E-state index in [-0.39, 0.29) is 12.5 Å². The number of carbonyl (C=O) groups excluding carboxylic acids is 1. The number of carbonyl (C=O) groups is 1. The molecule has 0 aliphatic heterocycles. The molecule has 0 saturated heterocycles. The number of aryl methyl sites for hydroxylation is 1. The maximum atomic E-state index is 12.3. The van der Waals surface area contributed by atoms with Crippen LogP contribution in [0.5, 0.6) is 0 Å². The SMILES string of the molecule is CCC(CC)n1nc(C(=O)N(C)CC(C)(C)O)cc1C. The van der Waals surface area contributed by atoms with Crippen molar-refractivity contribution in [3.8, 4) is 0 Å². The van der Waals surface area contributed by atoms with E-state index in [2.05, 4.69) is 18.9 Å². The predicted molar refractivity (Wildman–Crippen MR) is 79.8 cm³/mol. The lowest BCUT2D eigenvalue weighted by atomic mass is 10.1. The number of hydrogen-bond donors (Lipinski definition) is 1. The van der Waals surface area contributed by atoms with Gasteiger partial charge in [-0.3, -0.25) is 9.48 Å². The zero-order chi connectivity index (χ0) is 15.5. The summed E-state index contributed by atoms with van der Waals surface area (Å²) in [5.41, 5.74) is 0.539. The highest BCUT2D eigenvalue weighted by Gasteiger charge is 2.23. The lowest BCUT2D eigenvalue weighted by Gasteiger charge is -2.24. The van der Waals surface area contributed by atoms with Gasteiger partial charge in [0.25, 0.3) is 5.91 Å². The van der Waals surface area contributed by atoms with Crippen molar-refractivity contribution >= 4 is 5.91 Å². The largest absolute Gasteiger partial charge is 0.389 e. The fourth-order valence-electron chi connectivity index (χ4n) is 2.44. The first-order valence-corrected chi connectivity index (χ1v) is 7.23. The third-order valence-electron chi connectivity index (χ3n) is 3.40. The van der Waals surface area contributed by atoms with Gasteiger partial charge in [-0.1, -0.05) is 13.8 Å². The van der Waals surface area contributed by atoms with Gasteiger partial charge >= 0.3 is 0 Å². The molecule has 114 valence electrons. The Balaban J connectivity index is 2.92. The van der Waals surface area contributed by atoms with E-state index in [0.29, 0.717) is 11.7 Å². The monoisotopic (exact) mass is 281 g/mol. The van der Waals surface area contributed by atoms with E-state index in [9.17, 15) is 9.90 Å². The zero-order valence-corrected chi connectivity index (χ0v) is 13.5. The quantitative estimate of drug-likeness (QED) is 0.871. The minimum Gasteiger partial charge on any atom is -0.389 e. The van der Waals surface area contributed by atoms with Gasteiger partial charge < -0.3 is 10.0 Å². The molecule has 0 spiro atoms. The highest BCUT2D eigenvalue weighted by Crippen LogP contribution is 2.18. The van der Waals surface area contributed by atoms with Gasteiger partial charge in [-0.25, -0.2) is 0 Å². The van der Waals surface area contributed by atoms with E-state index < -0.39 is 5.60 Å². The molecule has 1 aromatic rings. The smallest absolute Gasteiger partial charge is 0.274 e. The second-order valence-electron chi connectivity index (χ2n) is 6.06. The fourth-order valence-corrected chi connectivity index (χ4v) is 2.44. The number of hydrogen-bond acceptors (Lipinski definition) is 3. The number of rotatable bonds is 6. The summed E-state index contributed by atoms with van der Waals surface area (Å²) in [7, 11) is 1.69. The van der Waals surface area contributed by atoms with Crippen molar-refractivity contribution in [2.24, 2.45) is 0 Å². The van der Waals surface area contributed by atoms with E-state index in [1.54, 1.807) is 20.9 Å². The topological polar surface area (TPSA) is 58.4 Å². The lowest BCUT2D eigenvalue weighted by molar-refractivity contribution is 0.0364. The Morgan fingerprint density at radius 1 is 1.45 bits per heavy atom. The molecule has 0 bridgehead atoms. The highest BCUT2D eigenvalue weighted by atomic mass is 16.3. The van der Waals surface area contributed by atoms with Crippen LogP contribution < -0.4 is 0 Å². The van der Waals surface area contributed by atoms with Crippen LogP contribution >= 0.6 is 0 Å². The summed E-state index contributed by atoms with van der Waals surface area (Å²) in [6.07, 6.45) is 1.98. The summed E-state index contributed by atoms with van der Waals surface area (Å²) in [6, 6.07) is 2.15. The molecule has 0 aliphatic rings. The Morgan fingerprint density at radius 3 is 2.45 bits per heavy atom. The molecule has 1 rings (SSSR count). The minimum atomic E-state index is -0.905. The van der Waals surface area contributed by atoms with E-state index in [1.807, 2.05) is 17.7 Å². The molecular formula is C15H27N3O2. The Kier molecular flexibility index (Phi) is 5.34. The molecule has 0 fully saturated rings. The summed E-state index contributed by atoms with van der Waals surface area (Å²) in [5.74, 6) is -0.153. The van der Waals surface area contributed by atoms with Crippen molar-refractivity contribution in [2.75, 3.05) is 13.6 Å². The van der Waals surface area contributed by atoms with Crippen LogP contribution in [0, 0.1) is 6.92 Å². The first-order valence-electron chi connectivity index (χ1n) is 7.23. The fraction of sp³-hybridized carbons (Fsp3) is 0.733. The Morgan fingerprint density at radius 2 is 2.00 bits per heavy atom. The molecule has 0 unspecified atom stereocenters. The maximum absolute atomic E-state index is 12.3. The molecule has 20 heavy (non-hydrogen) atoms. The molecule has 0 aliphatic carbocycles. The summed E-state index contributed by atoms with van der Waals surface area (Å²) in [4.78, 5) is 13.8. The molecule has 1 heterocycles. The second-order valence-corrected chi connectivity index (χ2v) is 6.06. The van der Waals surface area contributed by atoms with E-state index in [0.717, 1.165) is 18.5 Å². The summed E-state index contributed by atoms with van der Waals surface area (Å²) < 4.78 is 1.94. The molecule has 1 amide bonds. The van der Waals surface area contributed by atoms with Crippen molar-refractivity contribution < 1.29 is 9.90 Å². The van der Waals surface area contributed by atoms with Crippen molar-refractivity contribution in [1.82, 2.24) is 14.7 Å². The first-order chi connectivity index (χ1) is 9.19. The van der Waals surface area contributed by atoms with Gasteiger partial charge in [0.2, 0.25) is 0 Å². The number of aromatic nitrogens is 2. The number of amides is 1. The number of likely N-dealkylation sites (N-methyl/N-ethyl adjacent to an activating group) is 1. The van der Waals surface area contributed by atoms with Crippen molar-refractivity contribution in [3.05, 3.63) is 17.5 Å². The Labute approximate surface area is 121 Å². The summed E-state index contributed by atoms with van der Waals surface area (Å²) in [6.45, 7) is 9.87. The number of aliphatic hydroxyl groups is 1. The highest BCUT2D eigenvalue weighted by molar-refractivity contribution is 5.92. The summed E-state index contributed by atoms with van der Waals surface area (Å²) in [5, 5.41) is 14.2. The Hall–Kier alpha value is -1.36. The predicted octanol–water partition coefficient (Wildman–Crippen LogP) is 2.40. The molecular weight excluding hydrogens is 254 g/mol. The van der Waals surface area contributed by atoms with Gasteiger partial charge in [0, 0.05) is 19.3 Å². The van der Waals surface area contributed by atoms with E-state index in [4.69, 9.17) is 0 Å². The molecule has 0 aromatic carbocycles. The molecule has 1 N–H and O–H groups in total. The van der Waals surface area contributed by atoms with Crippen molar-refractivity contribution in [1.29, 1.82) is 0 Å². The van der Waals surface area contributed by atoms with Gasteiger partial charge in [-0.15, -0.1) is 0 Å². The van der Waals surface area contributed by atoms with Gasteiger partial charge in [-0.05, 0) is 39.7 Å². The van der Waals surface area contributed by atoms with Gasteiger partial charge in [0.15, 0.2) is 5.69 Å². The number of nitrogens with zero attached hydrogens (tertiary/aromatic N) is 3. The average molecular weight is 281 g/mol. The third-order valence-corrected chi connectivity index (χ3v) is 3.40. The van der Waals surface area contributed by atoms with Crippen LogP contribution in [0.4, 0.5) is 0 Å². The third kappa shape index (κ3) is 4.07. The van der Waals surface area contributed by atoms with E-state index in [1.165, 1.54) is 4.90 Å². The lowest BCUT2D eigenvalue weighted by Crippen LogP contribution is -2.39.